The molecule has 1 aliphatic rings. The predicted molar refractivity (Wildman–Crippen MR) is 51.6 cm³/mol. The molecule has 0 aromatic carbocycles. The summed E-state index contributed by atoms with van der Waals surface area (Å²) in [6.07, 6.45) is 0. The van der Waals surface area contributed by atoms with Crippen LogP contribution in [0.25, 0.3) is 0 Å². The molecule has 3 nitrogen and oxygen atoms in total. The molecule has 1 aliphatic heterocycles. The van der Waals surface area contributed by atoms with Crippen molar-refractivity contribution in [2.75, 3.05) is 0 Å². The Hall–Kier alpha value is -0.320. The summed E-state index contributed by atoms with van der Waals surface area (Å²) in [4.78, 5) is 1.25. The maximum Gasteiger partial charge on any atom is 0.123 e. The minimum absolute atomic E-state index is 0.353. The van der Waals surface area contributed by atoms with Crippen molar-refractivity contribution in [3.63, 3.8) is 0 Å². The zero-order chi connectivity index (χ0) is 8.59. The second kappa shape index (κ2) is 2.97. The van der Waals surface area contributed by atoms with Crippen LogP contribution in [0.2, 0.25) is 0 Å². The van der Waals surface area contributed by atoms with Gasteiger partial charge in [0.2, 0.25) is 0 Å². The molecule has 0 spiro atoms. The SMILES string of the molecule is CC1=C(C(C)C)S(N)=C(N)N1. The highest BCUT2D eigenvalue weighted by Crippen LogP contribution is 2.31. The number of rotatable bonds is 1. The van der Waals surface area contributed by atoms with Gasteiger partial charge in [0, 0.05) is 10.6 Å². The van der Waals surface area contributed by atoms with Crippen LogP contribution < -0.4 is 16.2 Å². The van der Waals surface area contributed by atoms with Gasteiger partial charge in [-0.1, -0.05) is 24.5 Å². The molecule has 0 bridgehead atoms. The van der Waals surface area contributed by atoms with Gasteiger partial charge in [-0.15, -0.1) is 0 Å². The average Bonchev–Trinajstić information content (AvgIpc) is 2.07. The highest BCUT2D eigenvalue weighted by Gasteiger charge is 2.18. The second-order valence-electron chi connectivity index (χ2n) is 2.97. The van der Waals surface area contributed by atoms with Crippen LogP contribution in [-0.4, -0.2) is 5.11 Å². The zero-order valence-electron chi connectivity index (χ0n) is 7.14. The lowest BCUT2D eigenvalue weighted by Crippen LogP contribution is -2.26. The van der Waals surface area contributed by atoms with E-state index in [-0.39, 0.29) is 10.7 Å². The standard InChI is InChI=1S/C7H15N3S/c1-4(2)6-5(3)10-7(8)11(6)9/h4,10H,8-9H2,1-3H3. The van der Waals surface area contributed by atoms with Crippen LogP contribution in [0.1, 0.15) is 20.8 Å². The highest BCUT2D eigenvalue weighted by atomic mass is 32.2. The third-order valence-corrected chi connectivity index (χ3v) is 3.51. The summed E-state index contributed by atoms with van der Waals surface area (Å²) in [5.74, 6) is 0.483. The number of nitrogens with two attached hydrogens (primary N) is 2. The van der Waals surface area contributed by atoms with Crippen molar-refractivity contribution < 1.29 is 0 Å². The van der Waals surface area contributed by atoms with Crippen LogP contribution in [0.4, 0.5) is 0 Å². The lowest BCUT2D eigenvalue weighted by molar-refractivity contribution is 0.799. The summed E-state index contributed by atoms with van der Waals surface area (Å²) in [7, 11) is -0.353. The van der Waals surface area contributed by atoms with Gasteiger partial charge in [0.1, 0.15) is 5.11 Å². The molecule has 0 saturated carbocycles. The molecule has 64 valence electrons. The summed E-state index contributed by atoms with van der Waals surface area (Å²) >= 11 is 0. The Bertz CT molecular complexity index is 240. The first-order valence-corrected chi connectivity index (χ1v) is 4.91. The Labute approximate surface area is 69.9 Å². The van der Waals surface area contributed by atoms with E-state index in [4.69, 9.17) is 10.9 Å². The fourth-order valence-electron chi connectivity index (χ4n) is 1.27. The molecule has 0 radical (unpaired) electrons. The predicted octanol–water partition coefficient (Wildman–Crippen LogP) is 0.666. The van der Waals surface area contributed by atoms with E-state index >= 15 is 0 Å². The number of nitrogens with one attached hydrogen (secondary N) is 1. The quantitative estimate of drug-likeness (QED) is 0.511. The molecular formula is C7H15N3S. The molecule has 1 atom stereocenters. The smallest absolute Gasteiger partial charge is 0.123 e. The molecule has 1 rings (SSSR count). The summed E-state index contributed by atoms with van der Waals surface area (Å²) in [6, 6.07) is 0. The molecule has 4 heteroatoms. The molecule has 0 aliphatic carbocycles. The van der Waals surface area contributed by atoms with Gasteiger partial charge in [-0.3, -0.25) is 10.9 Å². The maximum absolute atomic E-state index is 5.86. The van der Waals surface area contributed by atoms with E-state index in [0.29, 0.717) is 11.0 Å². The second-order valence-corrected chi connectivity index (χ2v) is 4.53. The Morgan fingerprint density at radius 2 is 2.00 bits per heavy atom. The zero-order valence-corrected chi connectivity index (χ0v) is 7.96. The summed E-state index contributed by atoms with van der Waals surface area (Å²) in [5.41, 5.74) is 6.78. The minimum Gasteiger partial charge on any atom is -0.344 e. The average molecular weight is 173 g/mol. The van der Waals surface area contributed by atoms with Crippen LogP contribution in [0, 0.1) is 5.92 Å². The molecule has 0 saturated heterocycles. The van der Waals surface area contributed by atoms with Crippen molar-refractivity contribution in [3.05, 3.63) is 10.6 Å². The number of allylic oxidation sites excluding steroid dienone is 2. The van der Waals surface area contributed by atoms with E-state index in [1.54, 1.807) is 0 Å². The molecule has 0 fully saturated rings. The van der Waals surface area contributed by atoms with Crippen molar-refractivity contribution in [1.29, 1.82) is 0 Å². The van der Waals surface area contributed by atoms with Crippen molar-refractivity contribution in [2.24, 2.45) is 16.8 Å². The lowest BCUT2D eigenvalue weighted by Gasteiger charge is -2.08. The Balaban J connectivity index is 3.00. The van der Waals surface area contributed by atoms with Gasteiger partial charge in [-0.25, -0.2) is 0 Å². The monoisotopic (exact) mass is 173 g/mol. The van der Waals surface area contributed by atoms with Crippen LogP contribution >= 0.6 is 10.7 Å². The molecule has 1 unspecified atom stereocenters. The Morgan fingerprint density at radius 1 is 1.45 bits per heavy atom. The first kappa shape index (κ1) is 8.77. The van der Waals surface area contributed by atoms with E-state index in [9.17, 15) is 0 Å². The van der Waals surface area contributed by atoms with Gasteiger partial charge in [0.05, 0.1) is 0 Å². The highest BCUT2D eigenvalue weighted by molar-refractivity contribution is 8.17. The van der Waals surface area contributed by atoms with Crippen LogP contribution in [0.3, 0.4) is 0 Å². The Kier molecular flexibility index (Phi) is 2.37. The van der Waals surface area contributed by atoms with E-state index < -0.39 is 0 Å². The molecular weight excluding hydrogens is 158 g/mol. The molecule has 0 aromatic rings. The van der Waals surface area contributed by atoms with Crippen LogP contribution in [0.15, 0.2) is 10.6 Å². The molecule has 1 heterocycles. The normalized spacial score (nSPS) is 24.9. The maximum atomic E-state index is 5.86. The molecule has 5 N–H and O–H groups in total. The van der Waals surface area contributed by atoms with Crippen LogP contribution in [0.5, 0.6) is 0 Å². The van der Waals surface area contributed by atoms with E-state index in [0.717, 1.165) is 5.70 Å². The lowest BCUT2D eigenvalue weighted by atomic mass is 10.2. The topological polar surface area (TPSA) is 64.1 Å². The number of hydrogen-bond acceptors (Lipinski definition) is 3. The number of hydrogen-bond donors (Lipinski definition) is 3. The first-order valence-electron chi connectivity index (χ1n) is 3.63. The van der Waals surface area contributed by atoms with Gasteiger partial charge in [0.15, 0.2) is 0 Å². The third-order valence-electron chi connectivity index (χ3n) is 1.68. The summed E-state index contributed by atoms with van der Waals surface area (Å²) < 4.78 is 0. The van der Waals surface area contributed by atoms with Gasteiger partial charge < -0.3 is 5.32 Å². The van der Waals surface area contributed by atoms with Gasteiger partial charge in [0.25, 0.3) is 0 Å². The van der Waals surface area contributed by atoms with E-state index in [1.165, 1.54) is 4.91 Å². The summed E-state index contributed by atoms with van der Waals surface area (Å²) in [5, 5.41) is 9.62. The van der Waals surface area contributed by atoms with E-state index in [1.807, 2.05) is 6.92 Å². The van der Waals surface area contributed by atoms with Crippen molar-refractivity contribution >= 4 is 15.8 Å². The van der Waals surface area contributed by atoms with Crippen molar-refractivity contribution in [3.8, 4) is 0 Å². The van der Waals surface area contributed by atoms with Crippen molar-refractivity contribution in [2.45, 2.75) is 20.8 Å². The van der Waals surface area contributed by atoms with Crippen molar-refractivity contribution in [1.82, 2.24) is 5.32 Å². The van der Waals surface area contributed by atoms with Gasteiger partial charge >= 0.3 is 0 Å². The molecule has 0 amide bonds. The van der Waals surface area contributed by atoms with Crippen LogP contribution in [-0.2, 0) is 0 Å². The fourth-order valence-corrected chi connectivity index (χ4v) is 2.66. The van der Waals surface area contributed by atoms with Gasteiger partial charge in [-0.05, 0) is 12.8 Å². The Morgan fingerprint density at radius 3 is 2.18 bits per heavy atom. The molecule has 0 aromatic heterocycles. The fraction of sp³-hybridized carbons (Fsp3) is 0.571. The first-order chi connectivity index (χ1) is 5.04. The minimum atomic E-state index is -0.353. The third kappa shape index (κ3) is 1.47. The summed E-state index contributed by atoms with van der Waals surface area (Å²) in [6.45, 7) is 6.28. The van der Waals surface area contributed by atoms with E-state index in [2.05, 4.69) is 19.2 Å². The molecule has 11 heavy (non-hydrogen) atoms. The largest absolute Gasteiger partial charge is 0.344 e. The van der Waals surface area contributed by atoms with Gasteiger partial charge in [-0.2, -0.15) is 0 Å².